The van der Waals surface area contributed by atoms with Crippen LogP contribution in [0, 0.1) is 6.92 Å². The highest BCUT2D eigenvalue weighted by atomic mass is 19.2. The van der Waals surface area contributed by atoms with Crippen LogP contribution in [0.4, 0.5) is 20.2 Å². The van der Waals surface area contributed by atoms with E-state index in [1.807, 2.05) is 6.07 Å². The minimum absolute atomic E-state index is 0.270. The molecule has 0 spiro atoms. The maximum Gasteiger partial charge on any atom is 0.397 e. The van der Waals surface area contributed by atoms with E-state index in [1.165, 1.54) is 0 Å². The molecule has 0 bridgehead atoms. The summed E-state index contributed by atoms with van der Waals surface area (Å²) in [6.07, 6.45) is 1.56. The van der Waals surface area contributed by atoms with Crippen molar-refractivity contribution in [1.29, 1.82) is 0 Å². The quantitative estimate of drug-likeness (QED) is 0.499. The first-order valence-corrected chi connectivity index (χ1v) is 10.3. The van der Waals surface area contributed by atoms with E-state index in [1.54, 1.807) is 62.6 Å². The van der Waals surface area contributed by atoms with Crippen LogP contribution in [0.15, 0.2) is 54.7 Å². The van der Waals surface area contributed by atoms with Gasteiger partial charge in [-0.2, -0.15) is 4.39 Å². The third kappa shape index (κ3) is 5.40. The number of fused-ring (bicyclic) bond motifs is 1. The zero-order chi connectivity index (χ0) is 24.7. The van der Waals surface area contributed by atoms with Crippen molar-refractivity contribution in [3.63, 3.8) is 0 Å². The lowest BCUT2D eigenvalue weighted by atomic mass is 10.1. The topological polar surface area (TPSA) is 102 Å². The number of nitrogens with one attached hydrogen (secondary N) is 3. The molecule has 10 heteroatoms. The lowest BCUT2D eigenvalue weighted by Gasteiger charge is -2.14. The standard InChI is InChI=1S/C23H21FN4O4.CH3F/c1-13-16(7-8-19-20(13)32-23(24)31-19)28-21(29)15-5-3-4-6-17(15)27-12-14-9-10-26-18(11-14)22(30)25-2;1-2/h3-11,23,27H,12H2,1-2H3,(H,25,30)(H,28,29);1H3. The van der Waals surface area contributed by atoms with Crippen molar-refractivity contribution >= 4 is 23.2 Å². The van der Waals surface area contributed by atoms with Gasteiger partial charge in [0.1, 0.15) is 5.69 Å². The number of hydrogen-bond acceptors (Lipinski definition) is 6. The van der Waals surface area contributed by atoms with Crippen molar-refractivity contribution < 1.29 is 27.8 Å². The van der Waals surface area contributed by atoms with Crippen molar-refractivity contribution in [3.8, 4) is 11.5 Å². The number of nitrogens with zero attached hydrogens (tertiary/aromatic N) is 1. The number of aromatic nitrogens is 1. The van der Waals surface area contributed by atoms with Gasteiger partial charge in [0.2, 0.25) is 0 Å². The van der Waals surface area contributed by atoms with Crippen molar-refractivity contribution in [2.75, 3.05) is 24.9 Å². The highest BCUT2D eigenvalue weighted by molar-refractivity contribution is 6.08. The average molecular weight is 470 g/mol. The molecular formula is C24H24F2N4O4. The second kappa shape index (κ2) is 11.1. The van der Waals surface area contributed by atoms with Gasteiger partial charge in [-0.3, -0.25) is 19.0 Å². The number of anilines is 2. The number of rotatable bonds is 6. The fourth-order valence-electron chi connectivity index (χ4n) is 3.32. The van der Waals surface area contributed by atoms with Gasteiger partial charge in [-0.1, -0.05) is 12.1 Å². The molecule has 2 amide bonds. The van der Waals surface area contributed by atoms with Gasteiger partial charge in [0.05, 0.1) is 12.7 Å². The van der Waals surface area contributed by atoms with E-state index in [4.69, 9.17) is 9.47 Å². The lowest BCUT2D eigenvalue weighted by molar-refractivity contribution is -0.0654. The molecule has 1 aliphatic heterocycles. The van der Waals surface area contributed by atoms with Crippen molar-refractivity contribution in [1.82, 2.24) is 10.3 Å². The van der Waals surface area contributed by atoms with Gasteiger partial charge in [0, 0.05) is 36.7 Å². The van der Waals surface area contributed by atoms with Gasteiger partial charge in [-0.05, 0) is 48.9 Å². The average Bonchev–Trinajstić information content (AvgIpc) is 3.26. The summed E-state index contributed by atoms with van der Waals surface area (Å²) in [6, 6.07) is 13.7. The summed E-state index contributed by atoms with van der Waals surface area (Å²) in [4.78, 5) is 28.8. The largest absolute Gasteiger partial charge is 0.425 e. The van der Waals surface area contributed by atoms with Crippen molar-refractivity contribution in [2.24, 2.45) is 0 Å². The summed E-state index contributed by atoms with van der Waals surface area (Å²) in [5.41, 5.74) is 3.25. The van der Waals surface area contributed by atoms with Crippen molar-refractivity contribution in [3.05, 3.63) is 77.1 Å². The molecule has 3 N–H and O–H groups in total. The number of benzene rings is 2. The minimum Gasteiger partial charge on any atom is -0.425 e. The molecule has 1 unspecified atom stereocenters. The Morgan fingerprint density at radius 2 is 1.79 bits per heavy atom. The number of pyridine rings is 1. The Labute approximate surface area is 195 Å². The van der Waals surface area contributed by atoms with Crippen LogP contribution < -0.4 is 25.4 Å². The molecule has 0 saturated heterocycles. The van der Waals surface area contributed by atoms with Gasteiger partial charge >= 0.3 is 6.54 Å². The molecular weight excluding hydrogens is 446 g/mol. The van der Waals surface area contributed by atoms with E-state index in [2.05, 4.69) is 20.9 Å². The number of para-hydroxylation sites is 1. The molecule has 4 rings (SSSR count). The molecule has 34 heavy (non-hydrogen) atoms. The Hall–Kier alpha value is -4.21. The molecule has 178 valence electrons. The fourth-order valence-corrected chi connectivity index (χ4v) is 3.32. The number of alkyl halides is 2. The minimum atomic E-state index is -1.85. The Kier molecular flexibility index (Phi) is 7.96. The van der Waals surface area contributed by atoms with E-state index in [0.717, 1.165) is 5.56 Å². The first-order chi connectivity index (χ1) is 16.5. The molecule has 2 heterocycles. The maximum atomic E-state index is 13.4. The summed E-state index contributed by atoms with van der Waals surface area (Å²) in [6.45, 7) is 0.252. The molecule has 1 atom stereocenters. The van der Waals surface area contributed by atoms with Crippen LogP contribution in [-0.2, 0) is 6.54 Å². The molecule has 3 aromatic rings. The predicted molar refractivity (Wildman–Crippen MR) is 124 cm³/mol. The summed E-state index contributed by atoms with van der Waals surface area (Å²) >= 11 is 0. The zero-order valence-electron chi connectivity index (χ0n) is 18.8. The smallest absolute Gasteiger partial charge is 0.397 e. The highest BCUT2D eigenvalue weighted by Crippen LogP contribution is 2.41. The third-order valence-corrected chi connectivity index (χ3v) is 4.99. The monoisotopic (exact) mass is 470 g/mol. The first kappa shape index (κ1) is 24.4. The number of ether oxygens (including phenoxy) is 2. The first-order valence-electron chi connectivity index (χ1n) is 10.3. The van der Waals surface area contributed by atoms with Crippen LogP contribution in [0.2, 0.25) is 0 Å². The van der Waals surface area contributed by atoms with Crippen LogP contribution in [0.25, 0.3) is 0 Å². The molecule has 1 aromatic heterocycles. The molecule has 0 aliphatic carbocycles. The van der Waals surface area contributed by atoms with E-state index in [9.17, 15) is 18.4 Å². The van der Waals surface area contributed by atoms with Crippen LogP contribution in [0.5, 0.6) is 11.5 Å². The molecule has 8 nitrogen and oxygen atoms in total. The number of hydrogen-bond donors (Lipinski definition) is 3. The number of carbonyl (C=O) groups is 2. The normalized spacial score (nSPS) is 13.4. The van der Waals surface area contributed by atoms with Crippen molar-refractivity contribution in [2.45, 2.75) is 20.0 Å². The second-order valence-electron chi connectivity index (χ2n) is 7.06. The lowest BCUT2D eigenvalue weighted by Crippen LogP contribution is -2.19. The number of halogens is 2. The Balaban J connectivity index is 0.00000158. The molecule has 0 fully saturated rings. The molecule has 0 saturated carbocycles. The van der Waals surface area contributed by atoms with Crippen LogP contribution in [-0.4, -0.2) is 37.6 Å². The van der Waals surface area contributed by atoms with Crippen LogP contribution in [0.3, 0.4) is 0 Å². The highest BCUT2D eigenvalue weighted by Gasteiger charge is 2.27. The second-order valence-corrected chi connectivity index (χ2v) is 7.06. The van der Waals surface area contributed by atoms with E-state index < -0.39 is 6.54 Å². The van der Waals surface area contributed by atoms with E-state index in [0.29, 0.717) is 47.7 Å². The summed E-state index contributed by atoms with van der Waals surface area (Å²) in [5, 5.41) is 8.61. The fraction of sp³-hybridized carbons (Fsp3) is 0.208. The zero-order valence-corrected chi connectivity index (χ0v) is 18.8. The van der Waals surface area contributed by atoms with E-state index in [-0.39, 0.29) is 17.6 Å². The molecule has 0 radical (unpaired) electrons. The van der Waals surface area contributed by atoms with E-state index >= 15 is 0 Å². The summed E-state index contributed by atoms with van der Waals surface area (Å²) < 4.78 is 32.8. The SMILES string of the molecule is CF.CNC(=O)c1cc(CNc2ccccc2C(=O)Nc2ccc3c(c2C)OC(F)O3)ccn1. The summed E-state index contributed by atoms with van der Waals surface area (Å²) in [7, 11) is 2.04. The third-order valence-electron chi connectivity index (χ3n) is 4.99. The Morgan fingerprint density at radius 1 is 1.03 bits per heavy atom. The van der Waals surface area contributed by atoms with Gasteiger partial charge < -0.3 is 25.4 Å². The molecule has 1 aliphatic rings. The number of amides is 2. The van der Waals surface area contributed by atoms with Gasteiger partial charge in [0.25, 0.3) is 11.8 Å². The van der Waals surface area contributed by atoms with Crippen LogP contribution in [0.1, 0.15) is 32.0 Å². The Morgan fingerprint density at radius 3 is 2.56 bits per heavy atom. The Bertz CT molecular complexity index is 1190. The van der Waals surface area contributed by atoms with Gasteiger partial charge in [-0.15, -0.1) is 0 Å². The number of carbonyl (C=O) groups excluding carboxylic acids is 2. The van der Waals surface area contributed by atoms with Gasteiger partial charge in [-0.25, -0.2) is 0 Å². The van der Waals surface area contributed by atoms with Crippen LogP contribution >= 0.6 is 0 Å². The maximum absolute atomic E-state index is 13.4. The predicted octanol–water partition coefficient (Wildman–Crippen LogP) is 4.22. The summed E-state index contributed by atoms with van der Waals surface area (Å²) in [5.74, 6) is -0.0488. The van der Waals surface area contributed by atoms with Gasteiger partial charge in [0.15, 0.2) is 11.5 Å². The molecule has 2 aromatic carbocycles.